The van der Waals surface area contributed by atoms with Crippen molar-refractivity contribution in [1.29, 1.82) is 0 Å². The minimum Gasteiger partial charge on any atom is -0.368 e. The van der Waals surface area contributed by atoms with E-state index in [9.17, 15) is 14.4 Å². The molecule has 1 fully saturated rings. The lowest BCUT2D eigenvalue weighted by molar-refractivity contribution is -0.130. The van der Waals surface area contributed by atoms with Crippen LogP contribution < -0.4 is 20.9 Å². The van der Waals surface area contributed by atoms with Crippen LogP contribution in [0.1, 0.15) is 17.3 Å². The SMILES string of the molecule is CCNC(=O)c1ccc(NC(=O)NCC(=O)N2CCN(c3ccccc3)CC2)cc1. The van der Waals surface area contributed by atoms with Crippen LogP contribution in [0.4, 0.5) is 16.2 Å². The highest BCUT2D eigenvalue weighted by Gasteiger charge is 2.21. The van der Waals surface area contributed by atoms with Crippen molar-refractivity contribution in [3.05, 3.63) is 60.2 Å². The maximum absolute atomic E-state index is 12.4. The molecule has 0 bridgehead atoms. The molecule has 8 nitrogen and oxygen atoms in total. The molecule has 4 amide bonds. The van der Waals surface area contributed by atoms with Crippen molar-refractivity contribution in [3.63, 3.8) is 0 Å². The van der Waals surface area contributed by atoms with Gasteiger partial charge in [-0.2, -0.15) is 0 Å². The van der Waals surface area contributed by atoms with Crippen LogP contribution in [0.25, 0.3) is 0 Å². The molecule has 0 spiro atoms. The van der Waals surface area contributed by atoms with E-state index in [0.717, 1.165) is 18.8 Å². The fourth-order valence-electron chi connectivity index (χ4n) is 3.26. The van der Waals surface area contributed by atoms with E-state index >= 15 is 0 Å². The largest absolute Gasteiger partial charge is 0.368 e. The second kappa shape index (κ2) is 10.3. The van der Waals surface area contributed by atoms with Crippen molar-refractivity contribution >= 4 is 29.2 Å². The molecule has 2 aromatic carbocycles. The minimum atomic E-state index is -0.461. The molecule has 3 N–H and O–H groups in total. The van der Waals surface area contributed by atoms with Crippen LogP contribution in [-0.2, 0) is 4.79 Å². The van der Waals surface area contributed by atoms with Crippen molar-refractivity contribution < 1.29 is 14.4 Å². The van der Waals surface area contributed by atoms with E-state index in [4.69, 9.17) is 0 Å². The molecule has 0 radical (unpaired) electrons. The van der Waals surface area contributed by atoms with Gasteiger partial charge in [-0.1, -0.05) is 18.2 Å². The smallest absolute Gasteiger partial charge is 0.319 e. The first-order chi connectivity index (χ1) is 14.6. The molecule has 1 aliphatic heterocycles. The second-order valence-corrected chi connectivity index (χ2v) is 6.95. The van der Waals surface area contributed by atoms with Crippen LogP contribution in [0.3, 0.4) is 0 Å². The van der Waals surface area contributed by atoms with Crippen molar-refractivity contribution in [1.82, 2.24) is 15.5 Å². The van der Waals surface area contributed by atoms with Crippen LogP contribution in [0, 0.1) is 0 Å². The molecule has 1 saturated heterocycles. The number of hydrogen-bond acceptors (Lipinski definition) is 4. The summed E-state index contributed by atoms with van der Waals surface area (Å²) in [5.41, 5.74) is 2.22. The molecule has 0 aliphatic carbocycles. The lowest BCUT2D eigenvalue weighted by Crippen LogP contribution is -2.51. The van der Waals surface area contributed by atoms with Crippen molar-refractivity contribution in [2.45, 2.75) is 6.92 Å². The zero-order chi connectivity index (χ0) is 21.3. The Labute approximate surface area is 176 Å². The maximum Gasteiger partial charge on any atom is 0.319 e. The van der Waals surface area contributed by atoms with Gasteiger partial charge in [-0.3, -0.25) is 9.59 Å². The number of amides is 4. The van der Waals surface area contributed by atoms with Gasteiger partial charge in [-0.05, 0) is 43.3 Å². The summed E-state index contributed by atoms with van der Waals surface area (Å²) >= 11 is 0. The third-order valence-corrected chi connectivity index (χ3v) is 4.90. The normalized spacial score (nSPS) is 13.5. The van der Waals surface area contributed by atoms with Gasteiger partial charge in [0.1, 0.15) is 0 Å². The number of piperazine rings is 1. The predicted octanol–water partition coefficient (Wildman–Crippen LogP) is 1.91. The molecule has 1 aliphatic rings. The van der Waals surface area contributed by atoms with Gasteiger partial charge in [0, 0.05) is 49.7 Å². The Kier molecular flexibility index (Phi) is 7.26. The van der Waals surface area contributed by atoms with Gasteiger partial charge in [0.05, 0.1) is 6.54 Å². The van der Waals surface area contributed by atoms with E-state index < -0.39 is 6.03 Å². The zero-order valence-electron chi connectivity index (χ0n) is 17.1. The summed E-state index contributed by atoms with van der Waals surface area (Å²) in [6, 6.07) is 16.2. The molecule has 1 heterocycles. The van der Waals surface area contributed by atoms with E-state index in [1.54, 1.807) is 29.2 Å². The Bertz CT molecular complexity index is 862. The highest BCUT2D eigenvalue weighted by Crippen LogP contribution is 2.15. The number of benzene rings is 2. The average Bonchev–Trinajstić information content (AvgIpc) is 2.79. The molecule has 0 aromatic heterocycles. The number of hydrogen-bond donors (Lipinski definition) is 3. The molecule has 0 unspecified atom stereocenters. The summed E-state index contributed by atoms with van der Waals surface area (Å²) in [7, 11) is 0. The number of carbonyl (C=O) groups is 3. The lowest BCUT2D eigenvalue weighted by atomic mass is 10.2. The van der Waals surface area contributed by atoms with Crippen LogP contribution in [0.2, 0.25) is 0 Å². The summed E-state index contributed by atoms with van der Waals surface area (Å²) in [4.78, 5) is 40.2. The van der Waals surface area contributed by atoms with Gasteiger partial charge >= 0.3 is 6.03 Å². The standard InChI is InChI=1S/C22H27N5O3/c1-2-23-21(29)17-8-10-18(11-9-17)25-22(30)24-16-20(28)27-14-12-26(13-15-27)19-6-4-3-5-7-19/h3-11H,2,12-16H2,1H3,(H,23,29)(H2,24,25,30). The van der Waals surface area contributed by atoms with Gasteiger partial charge in [0.2, 0.25) is 5.91 Å². The molecule has 3 rings (SSSR count). The molecule has 30 heavy (non-hydrogen) atoms. The fourth-order valence-corrected chi connectivity index (χ4v) is 3.26. The first-order valence-electron chi connectivity index (χ1n) is 10.1. The molecule has 2 aromatic rings. The van der Waals surface area contributed by atoms with E-state index in [2.05, 4.69) is 33.0 Å². The first kappa shape index (κ1) is 21.2. The van der Waals surface area contributed by atoms with Crippen LogP contribution in [-0.4, -0.2) is 62.0 Å². The summed E-state index contributed by atoms with van der Waals surface area (Å²) < 4.78 is 0. The third-order valence-electron chi connectivity index (χ3n) is 4.90. The molecular weight excluding hydrogens is 382 g/mol. The van der Waals surface area contributed by atoms with E-state index in [1.165, 1.54) is 0 Å². The highest BCUT2D eigenvalue weighted by molar-refractivity contribution is 5.96. The van der Waals surface area contributed by atoms with Gasteiger partial charge in [-0.15, -0.1) is 0 Å². The Morgan fingerprint density at radius 1 is 0.867 bits per heavy atom. The average molecular weight is 409 g/mol. The number of para-hydroxylation sites is 1. The van der Waals surface area contributed by atoms with E-state index in [1.807, 2.05) is 25.1 Å². The van der Waals surface area contributed by atoms with Crippen molar-refractivity contribution in [2.75, 3.05) is 49.5 Å². The predicted molar refractivity (Wildman–Crippen MR) is 117 cm³/mol. The van der Waals surface area contributed by atoms with Gasteiger partial charge in [0.25, 0.3) is 5.91 Å². The van der Waals surface area contributed by atoms with Crippen LogP contribution in [0.5, 0.6) is 0 Å². The van der Waals surface area contributed by atoms with E-state index in [-0.39, 0.29) is 18.4 Å². The number of anilines is 2. The molecule has 0 saturated carbocycles. The second-order valence-electron chi connectivity index (χ2n) is 6.95. The van der Waals surface area contributed by atoms with Crippen LogP contribution in [0.15, 0.2) is 54.6 Å². The number of nitrogens with zero attached hydrogens (tertiary/aromatic N) is 2. The van der Waals surface area contributed by atoms with Crippen molar-refractivity contribution in [3.8, 4) is 0 Å². The third kappa shape index (κ3) is 5.73. The number of urea groups is 1. The first-order valence-corrected chi connectivity index (χ1v) is 10.1. The quantitative estimate of drug-likeness (QED) is 0.679. The van der Waals surface area contributed by atoms with Crippen LogP contribution >= 0.6 is 0 Å². The Balaban J connectivity index is 1.40. The number of carbonyl (C=O) groups excluding carboxylic acids is 3. The molecule has 0 atom stereocenters. The molecule has 158 valence electrons. The Morgan fingerprint density at radius 3 is 2.17 bits per heavy atom. The summed E-state index contributed by atoms with van der Waals surface area (Å²) in [5, 5.41) is 7.97. The fraction of sp³-hybridized carbons (Fsp3) is 0.318. The summed E-state index contributed by atoms with van der Waals surface area (Å²) in [6.45, 7) is 5.11. The zero-order valence-corrected chi connectivity index (χ0v) is 17.1. The van der Waals surface area contributed by atoms with Crippen molar-refractivity contribution in [2.24, 2.45) is 0 Å². The van der Waals surface area contributed by atoms with Gasteiger partial charge in [-0.25, -0.2) is 4.79 Å². The number of nitrogens with one attached hydrogen (secondary N) is 3. The minimum absolute atomic E-state index is 0.0613. The van der Waals surface area contributed by atoms with Gasteiger partial charge < -0.3 is 25.8 Å². The van der Waals surface area contributed by atoms with Gasteiger partial charge in [0.15, 0.2) is 0 Å². The highest BCUT2D eigenvalue weighted by atomic mass is 16.2. The topological polar surface area (TPSA) is 93.8 Å². The monoisotopic (exact) mass is 409 g/mol. The Morgan fingerprint density at radius 2 is 1.53 bits per heavy atom. The summed E-state index contributed by atoms with van der Waals surface area (Å²) in [6.07, 6.45) is 0. The molecular formula is C22H27N5O3. The Hall–Kier alpha value is -3.55. The lowest BCUT2D eigenvalue weighted by Gasteiger charge is -2.36. The number of rotatable bonds is 6. The van der Waals surface area contributed by atoms with E-state index in [0.29, 0.717) is 30.9 Å². The molecule has 8 heteroatoms. The summed E-state index contributed by atoms with van der Waals surface area (Å²) in [5.74, 6) is -0.268. The maximum atomic E-state index is 12.4.